The summed E-state index contributed by atoms with van der Waals surface area (Å²) in [6.45, 7) is 1.64. The number of halogens is 2. The van der Waals surface area contributed by atoms with Gasteiger partial charge in [-0.15, -0.1) is 0 Å². The Morgan fingerprint density at radius 1 is 1.15 bits per heavy atom. The van der Waals surface area contributed by atoms with E-state index in [0.717, 1.165) is 23.4 Å². The van der Waals surface area contributed by atoms with Crippen molar-refractivity contribution < 1.29 is 9.90 Å². The second-order valence-electron chi connectivity index (χ2n) is 6.71. The molecule has 0 unspecified atom stereocenters. The number of aromatic hydroxyl groups is 1. The third-order valence-electron chi connectivity index (χ3n) is 4.91. The third-order valence-corrected chi connectivity index (χ3v) is 5.37. The third kappa shape index (κ3) is 3.39. The van der Waals surface area contributed by atoms with Crippen molar-refractivity contribution in [1.82, 2.24) is 10.2 Å². The molecule has 0 saturated heterocycles. The number of phenolic OH excluding ortho intramolecular Hbond substituents is 1. The van der Waals surface area contributed by atoms with E-state index in [9.17, 15) is 9.90 Å². The van der Waals surface area contributed by atoms with Gasteiger partial charge in [0.25, 0.3) is 0 Å². The average Bonchev–Trinajstić information content (AvgIpc) is 2.96. The maximum atomic E-state index is 12.5. The number of benzene rings is 2. The topological polar surface area (TPSA) is 52.6 Å². The summed E-state index contributed by atoms with van der Waals surface area (Å²) in [5.41, 5.74) is 5.93. The van der Waals surface area contributed by atoms with Crippen molar-refractivity contribution in [2.75, 3.05) is 13.1 Å². The molecule has 134 valence electrons. The summed E-state index contributed by atoms with van der Waals surface area (Å²) in [5.74, 6) is 0.0944. The molecule has 4 nitrogen and oxygen atoms in total. The van der Waals surface area contributed by atoms with Gasteiger partial charge in [-0.2, -0.15) is 0 Å². The summed E-state index contributed by atoms with van der Waals surface area (Å²) in [7, 11) is 0. The minimum Gasteiger partial charge on any atom is -0.508 e. The molecule has 0 bridgehead atoms. The Labute approximate surface area is 162 Å². The smallest absolute Gasteiger partial charge is 0.317 e. The van der Waals surface area contributed by atoms with Gasteiger partial charge in [-0.1, -0.05) is 29.3 Å². The number of fused-ring (bicyclic) bond motifs is 2. The van der Waals surface area contributed by atoms with Gasteiger partial charge in [0.05, 0.1) is 0 Å². The van der Waals surface area contributed by atoms with E-state index in [2.05, 4.69) is 11.4 Å². The van der Waals surface area contributed by atoms with Crippen molar-refractivity contribution in [2.24, 2.45) is 0 Å². The number of nitrogens with zero attached hydrogens (tertiary/aromatic N) is 1. The normalized spacial score (nSPS) is 15.7. The second kappa shape index (κ2) is 6.86. The predicted octanol–water partition coefficient (Wildman–Crippen LogP) is 4.62. The van der Waals surface area contributed by atoms with Crippen molar-refractivity contribution in [3.63, 3.8) is 0 Å². The summed E-state index contributed by atoms with van der Waals surface area (Å²) >= 11 is 12.1. The second-order valence-corrected chi connectivity index (χ2v) is 7.58. The fraction of sp³-hybridized carbons (Fsp3) is 0.250. The zero-order valence-electron chi connectivity index (χ0n) is 14.1. The van der Waals surface area contributed by atoms with E-state index in [1.165, 1.54) is 28.3 Å². The van der Waals surface area contributed by atoms with Crippen LogP contribution in [-0.4, -0.2) is 29.1 Å². The van der Waals surface area contributed by atoms with Crippen LogP contribution in [0, 0.1) is 0 Å². The van der Waals surface area contributed by atoms with Gasteiger partial charge in [-0.3, -0.25) is 0 Å². The van der Waals surface area contributed by atoms with Crippen LogP contribution in [0.4, 0.5) is 4.79 Å². The number of carbonyl (C=O) groups excluding carboxylic acids is 1. The number of amides is 2. The van der Waals surface area contributed by atoms with E-state index >= 15 is 0 Å². The number of phenols is 1. The molecule has 1 aliphatic heterocycles. The molecule has 1 heterocycles. The maximum Gasteiger partial charge on any atom is 0.317 e. The molecule has 4 rings (SSSR count). The quantitative estimate of drug-likeness (QED) is 0.787. The summed E-state index contributed by atoms with van der Waals surface area (Å²) in [6.07, 6.45) is 1.72. The van der Waals surface area contributed by atoms with Gasteiger partial charge in [0, 0.05) is 29.7 Å². The number of carbonyl (C=O) groups is 1. The van der Waals surface area contributed by atoms with E-state index < -0.39 is 0 Å². The predicted molar refractivity (Wildman–Crippen MR) is 104 cm³/mol. The summed E-state index contributed by atoms with van der Waals surface area (Å²) < 4.78 is 0. The molecule has 0 atom stereocenters. The molecule has 2 aliphatic rings. The molecule has 2 aromatic rings. The molecular weight excluding hydrogens is 371 g/mol. The van der Waals surface area contributed by atoms with Gasteiger partial charge in [-0.25, -0.2) is 4.79 Å². The van der Waals surface area contributed by atoms with Gasteiger partial charge < -0.3 is 15.3 Å². The van der Waals surface area contributed by atoms with Gasteiger partial charge in [-0.05, 0) is 71.0 Å². The van der Waals surface area contributed by atoms with Crippen molar-refractivity contribution in [3.05, 3.63) is 68.7 Å². The highest BCUT2D eigenvalue weighted by Crippen LogP contribution is 2.39. The molecule has 0 aromatic heterocycles. The lowest BCUT2D eigenvalue weighted by Gasteiger charge is -2.29. The lowest BCUT2D eigenvalue weighted by atomic mass is 9.99. The van der Waals surface area contributed by atoms with Crippen molar-refractivity contribution in [3.8, 4) is 5.75 Å². The van der Waals surface area contributed by atoms with Gasteiger partial charge >= 0.3 is 6.03 Å². The summed E-state index contributed by atoms with van der Waals surface area (Å²) in [6, 6.07) is 10.7. The highest BCUT2D eigenvalue weighted by atomic mass is 35.5. The number of nitrogens with one attached hydrogen (secondary N) is 1. The Hall–Kier alpha value is -2.17. The highest BCUT2D eigenvalue weighted by molar-refractivity contribution is 6.31. The van der Waals surface area contributed by atoms with E-state index in [-0.39, 0.29) is 11.8 Å². The molecule has 0 fully saturated rings. The molecule has 2 amide bonds. The minimum atomic E-state index is -0.106. The molecule has 2 aromatic carbocycles. The summed E-state index contributed by atoms with van der Waals surface area (Å²) in [4.78, 5) is 14.4. The SMILES string of the molecule is O=C(NCc1cc(O)cc(Cl)c1)N1CCC2=C(Cc3ccc(Cl)cc32)C1. The first-order chi connectivity index (χ1) is 12.5. The van der Waals surface area contributed by atoms with Crippen LogP contribution in [0.2, 0.25) is 10.0 Å². The molecule has 26 heavy (non-hydrogen) atoms. The van der Waals surface area contributed by atoms with Crippen LogP contribution < -0.4 is 5.32 Å². The Kier molecular flexibility index (Phi) is 4.55. The minimum absolute atomic E-state index is 0.0944. The number of hydrogen-bond donors (Lipinski definition) is 2. The fourth-order valence-corrected chi connectivity index (χ4v) is 4.15. The van der Waals surface area contributed by atoms with Gasteiger partial charge in [0.1, 0.15) is 5.75 Å². The lowest BCUT2D eigenvalue weighted by Crippen LogP contribution is -2.43. The zero-order chi connectivity index (χ0) is 18.3. The van der Waals surface area contributed by atoms with Crippen molar-refractivity contribution >= 4 is 34.8 Å². The van der Waals surface area contributed by atoms with Crippen LogP contribution >= 0.6 is 23.2 Å². The van der Waals surface area contributed by atoms with Gasteiger partial charge in [0.15, 0.2) is 0 Å². The van der Waals surface area contributed by atoms with Crippen LogP contribution in [0.15, 0.2) is 42.0 Å². The number of urea groups is 1. The molecule has 0 spiro atoms. The van der Waals surface area contributed by atoms with Crippen molar-refractivity contribution in [1.29, 1.82) is 0 Å². The summed E-state index contributed by atoms with van der Waals surface area (Å²) in [5, 5.41) is 13.7. The molecular formula is C20H18Cl2N2O2. The standard InChI is InChI=1S/C20H18Cl2N2O2/c21-15-2-1-13-7-14-11-24(4-3-18(14)19(13)9-15)20(26)23-10-12-5-16(22)8-17(25)6-12/h1-2,5-6,8-9,25H,3-4,7,10-11H2,(H,23,26). The molecule has 0 radical (unpaired) electrons. The molecule has 6 heteroatoms. The van der Waals surface area contributed by atoms with Crippen LogP contribution in [-0.2, 0) is 13.0 Å². The first-order valence-corrected chi connectivity index (χ1v) is 9.26. The van der Waals surface area contributed by atoms with E-state index in [1.807, 2.05) is 17.0 Å². The van der Waals surface area contributed by atoms with Crippen molar-refractivity contribution in [2.45, 2.75) is 19.4 Å². The highest BCUT2D eigenvalue weighted by Gasteiger charge is 2.29. The molecule has 2 N–H and O–H groups in total. The monoisotopic (exact) mass is 388 g/mol. The average molecular weight is 389 g/mol. The van der Waals surface area contributed by atoms with E-state index in [4.69, 9.17) is 23.2 Å². The van der Waals surface area contributed by atoms with Crippen LogP contribution in [0.25, 0.3) is 5.57 Å². The van der Waals surface area contributed by atoms with Crippen LogP contribution in [0.5, 0.6) is 5.75 Å². The molecule has 1 aliphatic carbocycles. The lowest BCUT2D eigenvalue weighted by molar-refractivity contribution is 0.201. The Bertz CT molecular complexity index is 904. The van der Waals surface area contributed by atoms with Crippen LogP contribution in [0.3, 0.4) is 0 Å². The first-order valence-electron chi connectivity index (χ1n) is 8.50. The number of hydrogen-bond acceptors (Lipinski definition) is 2. The Morgan fingerprint density at radius 2 is 2.00 bits per heavy atom. The Balaban J connectivity index is 1.41. The first kappa shape index (κ1) is 17.3. The van der Waals surface area contributed by atoms with Crippen LogP contribution in [0.1, 0.15) is 23.1 Å². The maximum absolute atomic E-state index is 12.5. The van der Waals surface area contributed by atoms with E-state index in [0.29, 0.717) is 24.7 Å². The van der Waals surface area contributed by atoms with E-state index in [1.54, 1.807) is 12.1 Å². The largest absolute Gasteiger partial charge is 0.508 e. The fourth-order valence-electron chi connectivity index (χ4n) is 3.73. The zero-order valence-corrected chi connectivity index (χ0v) is 15.6. The van der Waals surface area contributed by atoms with Gasteiger partial charge in [0.2, 0.25) is 0 Å². The number of rotatable bonds is 2. The Morgan fingerprint density at radius 3 is 2.81 bits per heavy atom. The molecule has 0 saturated carbocycles.